The molecule has 96 valence electrons. The summed E-state index contributed by atoms with van der Waals surface area (Å²) < 4.78 is 2.43. The van der Waals surface area contributed by atoms with Gasteiger partial charge in [0, 0.05) is 35.9 Å². The Morgan fingerprint density at radius 3 is 2.78 bits per heavy atom. The summed E-state index contributed by atoms with van der Waals surface area (Å²) in [6.45, 7) is 5.30. The molecule has 1 N–H and O–H groups in total. The SMILES string of the molecule is CC(C)NCc1ccc(-c2cc(Br)ccc2I)s1. The van der Waals surface area contributed by atoms with Crippen LogP contribution in [0.15, 0.2) is 34.8 Å². The van der Waals surface area contributed by atoms with Crippen molar-refractivity contribution in [3.05, 3.63) is 43.3 Å². The highest BCUT2D eigenvalue weighted by Gasteiger charge is 2.07. The number of nitrogens with one attached hydrogen (secondary N) is 1. The van der Waals surface area contributed by atoms with Crippen LogP contribution in [0.3, 0.4) is 0 Å². The zero-order chi connectivity index (χ0) is 13.1. The molecule has 0 spiro atoms. The number of halogens is 2. The molecule has 0 aliphatic rings. The zero-order valence-corrected chi connectivity index (χ0v) is 14.9. The van der Waals surface area contributed by atoms with E-state index in [-0.39, 0.29) is 0 Å². The number of benzene rings is 1. The summed E-state index contributed by atoms with van der Waals surface area (Å²) in [5.41, 5.74) is 1.31. The van der Waals surface area contributed by atoms with Gasteiger partial charge in [-0.05, 0) is 52.9 Å². The Balaban J connectivity index is 2.21. The second-order valence-electron chi connectivity index (χ2n) is 4.43. The van der Waals surface area contributed by atoms with Crippen molar-refractivity contribution in [1.82, 2.24) is 5.32 Å². The third kappa shape index (κ3) is 3.79. The molecule has 1 aromatic carbocycles. The fourth-order valence-electron chi connectivity index (χ4n) is 1.61. The molecule has 0 fully saturated rings. The highest BCUT2D eigenvalue weighted by molar-refractivity contribution is 14.1. The summed E-state index contributed by atoms with van der Waals surface area (Å²) in [6, 6.07) is 11.4. The first-order valence-corrected chi connectivity index (χ1v) is 8.52. The van der Waals surface area contributed by atoms with Crippen molar-refractivity contribution < 1.29 is 0 Å². The van der Waals surface area contributed by atoms with Gasteiger partial charge in [-0.2, -0.15) is 0 Å². The lowest BCUT2D eigenvalue weighted by Gasteiger charge is -2.05. The minimum absolute atomic E-state index is 0.529. The molecule has 1 aromatic heterocycles. The number of hydrogen-bond donors (Lipinski definition) is 1. The molecule has 2 rings (SSSR count). The fourth-order valence-corrected chi connectivity index (χ4v) is 3.77. The predicted molar refractivity (Wildman–Crippen MR) is 92.1 cm³/mol. The van der Waals surface area contributed by atoms with E-state index in [1.165, 1.54) is 18.9 Å². The largest absolute Gasteiger partial charge is 0.310 e. The first-order chi connectivity index (χ1) is 8.56. The van der Waals surface area contributed by atoms with E-state index < -0.39 is 0 Å². The monoisotopic (exact) mass is 435 g/mol. The Bertz CT molecular complexity index is 536. The van der Waals surface area contributed by atoms with Crippen LogP contribution in [-0.4, -0.2) is 6.04 Å². The molecule has 0 unspecified atom stereocenters. The third-order valence-electron chi connectivity index (χ3n) is 2.54. The van der Waals surface area contributed by atoms with Gasteiger partial charge in [-0.15, -0.1) is 11.3 Å². The molecular weight excluding hydrogens is 421 g/mol. The van der Waals surface area contributed by atoms with Crippen molar-refractivity contribution in [2.24, 2.45) is 0 Å². The van der Waals surface area contributed by atoms with Crippen molar-refractivity contribution in [3.8, 4) is 10.4 Å². The topological polar surface area (TPSA) is 12.0 Å². The highest BCUT2D eigenvalue weighted by atomic mass is 127. The van der Waals surface area contributed by atoms with Crippen LogP contribution in [0, 0.1) is 3.57 Å². The fraction of sp³-hybridized carbons (Fsp3) is 0.286. The van der Waals surface area contributed by atoms with E-state index in [0.717, 1.165) is 11.0 Å². The lowest BCUT2D eigenvalue weighted by Crippen LogP contribution is -2.21. The Morgan fingerprint density at radius 2 is 2.06 bits per heavy atom. The summed E-state index contributed by atoms with van der Waals surface area (Å²) in [6.07, 6.45) is 0. The minimum Gasteiger partial charge on any atom is -0.310 e. The summed E-state index contributed by atoms with van der Waals surface area (Å²) >= 11 is 7.79. The Kier molecular flexibility index (Phi) is 5.24. The van der Waals surface area contributed by atoms with E-state index in [9.17, 15) is 0 Å². The molecule has 0 atom stereocenters. The van der Waals surface area contributed by atoms with Gasteiger partial charge < -0.3 is 5.32 Å². The molecule has 0 saturated heterocycles. The van der Waals surface area contributed by atoms with Gasteiger partial charge in [0.25, 0.3) is 0 Å². The van der Waals surface area contributed by atoms with Gasteiger partial charge in [0.2, 0.25) is 0 Å². The molecular formula is C14H15BrINS. The Labute approximate surface area is 134 Å². The molecule has 0 aliphatic heterocycles. The molecule has 0 saturated carbocycles. The molecule has 18 heavy (non-hydrogen) atoms. The second-order valence-corrected chi connectivity index (χ2v) is 7.67. The van der Waals surface area contributed by atoms with Crippen LogP contribution in [0.25, 0.3) is 10.4 Å². The quantitative estimate of drug-likeness (QED) is 0.644. The lowest BCUT2D eigenvalue weighted by molar-refractivity contribution is 0.593. The van der Waals surface area contributed by atoms with Gasteiger partial charge in [-0.1, -0.05) is 29.8 Å². The molecule has 1 nitrogen and oxygen atoms in total. The van der Waals surface area contributed by atoms with Crippen LogP contribution >= 0.6 is 49.9 Å². The highest BCUT2D eigenvalue weighted by Crippen LogP contribution is 2.33. The zero-order valence-electron chi connectivity index (χ0n) is 10.3. The Hall–Kier alpha value is 0.0900. The lowest BCUT2D eigenvalue weighted by atomic mass is 10.2. The molecule has 0 radical (unpaired) electrons. The minimum atomic E-state index is 0.529. The molecule has 4 heteroatoms. The van der Waals surface area contributed by atoms with E-state index in [4.69, 9.17) is 0 Å². The van der Waals surface area contributed by atoms with Crippen LogP contribution in [0.5, 0.6) is 0 Å². The maximum absolute atomic E-state index is 3.54. The van der Waals surface area contributed by atoms with Gasteiger partial charge in [0.05, 0.1) is 0 Å². The van der Waals surface area contributed by atoms with Crippen molar-refractivity contribution in [3.63, 3.8) is 0 Å². The van der Waals surface area contributed by atoms with Crippen molar-refractivity contribution in [1.29, 1.82) is 0 Å². The van der Waals surface area contributed by atoms with Crippen LogP contribution in [0.4, 0.5) is 0 Å². The Morgan fingerprint density at radius 1 is 1.28 bits per heavy atom. The van der Waals surface area contributed by atoms with Gasteiger partial charge in [0.15, 0.2) is 0 Å². The van der Waals surface area contributed by atoms with Crippen LogP contribution in [0.2, 0.25) is 0 Å². The van der Waals surface area contributed by atoms with Gasteiger partial charge in [-0.25, -0.2) is 0 Å². The normalized spacial score (nSPS) is 11.2. The van der Waals surface area contributed by atoms with E-state index in [1.54, 1.807) is 0 Å². The third-order valence-corrected chi connectivity index (χ3v) is 5.09. The van der Waals surface area contributed by atoms with Crippen molar-refractivity contribution >= 4 is 49.9 Å². The van der Waals surface area contributed by atoms with E-state index in [1.807, 2.05) is 11.3 Å². The van der Waals surface area contributed by atoms with Crippen molar-refractivity contribution in [2.45, 2.75) is 26.4 Å². The average molecular weight is 436 g/mol. The average Bonchev–Trinajstić information content (AvgIpc) is 2.78. The first kappa shape index (κ1) is 14.5. The van der Waals surface area contributed by atoms with Gasteiger partial charge in [-0.3, -0.25) is 0 Å². The smallest absolute Gasteiger partial charge is 0.0357 e. The number of thiophene rings is 1. The molecule has 0 aliphatic carbocycles. The standard InChI is InChI=1S/C14H15BrINS/c1-9(2)17-8-11-4-6-14(18-11)12-7-10(15)3-5-13(12)16/h3-7,9,17H,8H2,1-2H3. The van der Waals surface area contributed by atoms with Gasteiger partial charge >= 0.3 is 0 Å². The molecule has 2 aromatic rings. The summed E-state index contributed by atoms with van der Waals surface area (Å²) in [4.78, 5) is 2.72. The van der Waals surface area contributed by atoms with E-state index in [2.05, 4.69) is 88.0 Å². The van der Waals surface area contributed by atoms with Crippen molar-refractivity contribution in [2.75, 3.05) is 0 Å². The number of rotatable bonds is 4. The first-order valence-electron chi connectivity index (χ1n) is 5.84. The van der Waals surface area contributed by atoms with E-state index >= 15 is 0 Å². The second kappa shape index (κ2) is 6.50. The van der Waals surface area contributed by atoms with Gasteiger partial charge in [0.1, 0.15) is 0 Å². The van der Waals surface area contributed by atoms with Crippen LogP contribution in [0.1, 0.15) is 18.7 Å². The molecule has 0 amide bonds. The van der Waals surface area contributed by atoms with Crippen LogP contribution < -0.4 is 5.32 Å². The summed E-state index contributed by atoms with van der Waals surface area (Å²) in [7, 11) is 0. The predicted octanol–water partition coefficient (Wildman–Crippen LogP) is 5.28. The summed E-state index contributed by atoms with van der Waals surface area (Å²) in [5, 5.41) is 3.45. The maximum Gasteiger partial charge on any atom is 0.0357 e. The number of hydrogen-bond acceptors (Lipinski definition) is 2. The molecule has 0 bridgehead atoms. The van der Waals surface area contributed by atoms with E-state index in [0.29, 0.717) is 6.04 Å². The maximum atomic E-state index is 3.54. The molecule has 1 heterocycles. The van der Waals surface area contributed by atoms with Crippen LogP contribution in [-0.2, 0) is 6.54 Å². The summed E-state index contributed by atoms with van der Waals surface area (Å²) in [5.74, 6) is 0.